The lowest BCUT2D eigenvalue weighted by atomic mass is 9.96. The molecule has 2 aliphatic heterocycles. The van der Waals surface area contributed by atoms with Crippen LogP contribution < -0.4 is 15.0 Å². The summed E-state index contributed by atoms with van der Waals surface area (Å²) in [5, 5.41) is 6.71. The van der Waals surface area contributed by atoms with Gasteiger partial charge in [-0.05, 0) is 18.2 Å². The smallest absolute Gasteiger partial charge is 0.303 e. The maximum atomic E-state index is 13.5. The number of esters is 3. The second kappa shape index (κ2) is 14.5. The number of nitrogens with zero attached hydrogens (tertiary/aromatic N) is 2. The molecule has 1 saturated heterocycles. The van der Waals surface area contributed by atoms with Crippen molar-refractivity contribution in [3.05, 3.63) is 60.2 Å². The lowest BCUT2D eigenvalue weighted by molar-refractivity contribution is -0.278. The summed E-state index contributed by atoms with van der Waals surface area (Å²) in [5.74, 6) is -2.51. The Morgan fingerprint density at radius 3 is 2.20 bits per heavy atom. The molecule has 44 heavy (non-hydrogen) atoms. The number of amides is 2. The van der Waals surface area contributed by atoms with Crippen molar-refractivity contribution in [1.29, 1.82) is 0 Å². The van der Waals surface area contributed by atoms with Crippen molar-refractivity contribution < 1.29 is 52.5 Å². The number of benzene rings is 2. The third-order valence-corrected chi connectivity index (χ3v) is 6.54. The van der Waals surface area contributed by atoms with E-state index in [1.165, 1.54) is 18.7 Å². The summed E-state index contributed by atoms with van der Waals surface area (Å²) in [5.41, 5.74) is 1.02. The zero-order valence-corrected chi connectivity index (χ0v) is 24.6. The van der Waals surface area contributed by atoms with Crippen molar-refractivity contribution in [2.45, 2.75) is 58.3 Å². The molecule has 14 nitrogen and oxygen atoms in total. The Morgan fingerprint density at radius 2 is 1.55 bits per heavy atom. The summed E-state index contributed by atoms with van der Waals surface area (Å²) in [6.45, 7) is 4.65. The van der Waals surface area contributed by atoms with Crippen LogP contribution in [0, 0.1) is 0 Å². The van der Waals surface area contributed by atoms with Crippen molar-refractivity contribution in [2.24, 2.45) is 5.16 Å². The van der Waals surface area contributed by atoms with E-state index in [1.807, 2.05) is 18.2 Å². The first kappa shape index (κ1) is 31.9. The fourth-order valence-corrected chi connectivity index (χ4v) is 4.83. The van der Waals surface area contributed by atoms with E-state index in [4.69, 9.17) is 28.5 Å². The summed E-state index contributed by atoms with van der Waals surface area (Å²) in [6.07, 6.45) is -5.30. The number of hydrogen-bond donors (Lipinski definition) is 1. The Bertz CT molecular complexity index is 1410. The fourth-order valence-electron chi connectivity index (χ4n) is 4.83. The first-order chi connectivity index (χ1) is 21.0. The van der Waals surface area contributed by atoms with Crippen LogP contribution in [0.1, 0.15) is 33.3 Å². The van der Waals surface area contributed by atoms with Gasteiger partial charge in [-0.3, -0.25) is 24.0 Å². The van der Waals surface area contributed by atoms with Gasteiger partial charge in [-0.25, -0.2) is 0 Å². The van der Waals surface area contributed by atoms with Crippen LogP contribution in [0.25, 0.3) is 0 Å². The number of anilines is 1. The average molecular weight is 612 g/mol. The number of oxime groups is 1. The van der Waals surface area contributed by atoms with Gasteiger partial charge in [0.05, 0.1) is 12.2 Å². The predicted octanol–water partition coefficient (Wildman–Crippen LogP) is 1.49. The molecule has 14 heteroatoms. The minimum atomic E-state index is -1.47. The second-order valence-corrected chi connectivity index (χ2v) is 9.90. The van der Waals surface area contributed by atoms with Gasteiger partial charge < -0.3 is 38.7 Å². The maximum Gasteiger partial charge on any atom is 0.303 e. The van der Waals surface area contributed by atoms with Crippen molar-refractivity contribution in [1.82, 2.24) is 5.32 Å². The van der Waals surface area contributed by atoms with Crippen LogP contribution in [0.2, 0.25) is 0 Å². The van der Waals surface area contributed by atoms with Gasteiger partial charge in [-0.2, -0.15) is 0 Å². The maximum absolute atomic E-state index is 13.5. The second-order valence-electron chi connectivity index (χ2n) is 9.90. The molecule has 0 saturated carbocycles. The Kier molecular flexibility index (Phi) is 10.5. The Balaban J connectivity index is 1.62. The molecule has 2 aromatic rings. The lowest BCUT2D eigenvalue weighted by Gasteiger charge is -2.43. The molecule has 2 aliphatic rings. The highest BCUT2D eigenvalue weighted by Gasteiger charge is 2.52. The molecule has 2 aromatic carbocycles. The molecule has 4 rings (SSSR count). The topological polar surface area (TPSA) is 168 Å². The molecule has 1 fully saturated rings. The fraction of sp³-hybridized carbons (Fsp3) is 0.400. The molecule has 234 valence electrons. The molecular weight excluding hydrogens is 578 g/mol. The van der Waals surface area contributed by atoms with Gasteiger partial charge in [0.2, 0.25) is 5.91 Å². The summed E-state index contributed by atoms with van der Waals surface area (Å²) in [7, 11) is 0. The molecule has 0 spiro atoms. The van der Waals surface area contributed by atoms with Gasteiger partial charge in [0.1, 0.15) is 31.1 Å². The standard InChI is InChI=1S/C30H33N3O11/c1-17(34)31-26-28(42-20(4)37)27(41-19(3)36)24(16-40-18(2)35)43-30(26)44-32-25-22-12-8-9-13-23(22)33(29(25)38)14-15-39-21-10-6-5-7-11-21/h5-13,24,26-28,30H,14-16H2,1-4H3,(H,31,34)/b32-25+/t24-,26+,27+,28-,30+/m1/s1. The number of carbonyl (C=O) groups excluding carboxylic acids is 5. The monoisotopic (exact) mass is 611 g/mol. The summed E-state index contributed by atoms with van der Waals surface area (Å²) >= 11 is 0. The van der Waals surface area contributed by atoms with E-state index in [1.54, 1.807) is 36.4 Å². The molecule has 1 N–H and O–H groups in total. The summed E-state index contributed by atoms with van der Waals surface area (Å²) in [6, 6.07) is 14.9. The molecule has 2 heterocycles. The van der Waals surface area contributed by atoms with E-state index >= 15 is 0 Å². The van der Waals surface area contributed by atoms with Gasteiger partial charge in [0.25, 0.3) is 12.2 Å². The first-order valence-corrected chi connectivity index (χ1v) is 13.8. The normalized spacial score (nSPS) is 23.4. The van der Waals surface area contributed by atoms with Gasteiger partial charge >= 0.3 is 17.9 Å². The van der Waals surface area contributed by atoms with Crippen molar-refractivity contribution in [3.8, 4) is 5.75 Å². The quantitative estimate of drug-likeness (QED) is 0.222. The van der Waals surface area contributed by atoms with E-state index in [2.05, 4.69) is 10.5 Å². The highest BCUT2D eigenvalue weighted by molar-refractivity contribution is 6.54. The predicted molar refractivity (Wildman–Crippen MR) is 152 cm³/mol. The van der Waals surface area contributed by atoms with E-state index < -0.39 is 67.0 Å². The van der Waals surface area contributed by atoms with Gasteiger partial charge in [0.15, 0.2) is 17.9 Å². The first-order valence-electron chi connectivity index (χ1n) is 13.8. The van der Waals surface area contributed by atoms with Gasteiger partial charge in [0, 0.05) is 33.3 Å². The van der Waals surface area contributed by atoms with E-state index in [0.29, 0.717) is 17.0 Å². The third kappa shape index (κ3) is 7.89. The minimum absolute atomic E-state index is 0.0480. The van der Waals surface area contributed by atoms with Gasteiger partial charge in [-0.1, -0.05) is 41.6 Å². The zero-order valence-electron chi connectivity index (χ0n) is 24.6. The van der Waals surface area contributed by atoms with Crippen LogP contribution >= 0.6 is 0 Å². The molecule has 0 unspecified atom stereocenters. The molecule has 0 bridgehead atoms. The number of hydrogen-bond acceptors (Lipinski definition) is 12. The molecule has 0 radical (unpaired) electrons. The highest BCUT2D eigenvalue weighted by atomic mass is 16.8. The SMILES string of the molecule is CC(=O)N[C@@H]1[C@H](O/N=C2/C(=O)N(CCOc3ccccc3)c3ccccc32)O[C@H](COC(C)=O)[C@H](OC(C)=O)[C@@H]1OC(C)=O. The number of carbonyl (C=O) groups is 5. The van der Waals surface area contributed by atoms with Crippen LogP contribution in [0.5, 0.6) is 5.75 Å². The number of fused-ring (bicyclic) bond motifs is 1. The van der Waals surface area contributed by atoms with Crippen LogP contribution in [0.4, 0.5) is 5.69 Å². The minimum Gasteiger partial charge on any atom is -0.492 e. The molecule has 0 aromatic heterocycles. The average Bonchev–Trinajstić information content (AvgIpc) is 3.23. The molecular formula is C30H33N3O11. The van der Waals surface area contributed by atoms with Crippen LogP contribution in [0.15, 0.2) is 59.8 Å². The van der Waals surface area contributed by atoms with Crippen molar-refractivity contribution >= 4 is 41.1 Å². The lowest BCUT2D eigenvalue weighted by Crippen LogP contribution is -2.66. The number of ether oxygens (including phenoxy) is 5. The van der Waals surface area contributed by atoms with E-state index in [9.17, 15) is 24.0 Å². The van der Waals surface area contributed by atoms with Crippen molar-refractivity contribution in [3.63, 3.8) is 0 Å². The molecule has 5 atom stereocenters. The van der Waals surface area contributed by atoms with E-state index in [-0.39, 0.29) is 18.9 Å². The van der Waals surface area contributed by atoms with Crippen LogP contribution in [-0.2, 0) is 47.8 Å². The largest absolute Gasteiger partial charge is 0.492 e. The highest BCUT2D eigenvalue weighted by Crippen LogP contribution is 2.31. The molecule has 0 aliphatic carbocycles. The number of nitrogens with one attached hydrogen (secondary N) is 1. The van der Waals surface area contributed by atoms with Gasteiger partial charge in [-0.15, -0.1) is 0 Å². The summed E-state index contributed by atoms with van der Waals surface area (Å²) < 4.78 is 27.7. The Hall–Kier alpha value is -4.98. The van der Waals surface area contributed by atoms with Crippen molar-refractivity contribution in [2.75, 3.05) is 24.7 Å². The van der Waals surface area contributed by atoms with E-state index in [0.717, 1.165) is 13.8 Å². The molecule has 2 amide bonds. The number of rotatable bonds is 11. The van der Waals surface area contributed by atoms with Crippen LogP contribution in [0.3, 0.4) is 0 Å². The number of para-hydroxylation sites is 2. The zero-order chi connectivity index (χ0) is 31.8. The Labute approximate surface area is 253 Å². The Morgan fingerprint density at radius 1 is 0.886 bits per heavy atom. The van der Waals surface area contributed by atoms with Crippen LogP contribution in [-0.4, -0.2) is 85.8 Å². The summed E-state index contributed by atoms with van der Waals surface area (Å²) in [4.78, 5) is 68.6. The third-order valence-electron chi connectivity index (χ3n) is 6.54.